The number of rotatable bonds is 6. The van der Waals surface area contributed by atoms with Crippen LogP contribution in [0.2, 0.25) is 0 Å². The van der Waals surface area contributed by atoms with Crippen molar-refractivity contribution in [2.45, 2.75) is 31.5 Å². The number of hydrogen-bond acceptors (Lipinski definition) is 9. The van der Waals surface area contributed by atoms with Crippen molar-refractivity contribution in [2.75, 3.05) is 25.1 Å². The molecule has 2 aromatic rings. The van der Waals surface area contributed by atoms with Gasteiger partial charge in [-0.1, -0.05) is 11.6 Å². The molecule has 10 nitrogen and oxygen atoms in total. The smallest absolute Gasteiger partial charge is 0.167 e. The van der Waals surface area contributed by atoms with Crippen LogP contribution >= 0.6 is 0 Å². The maximum absolute atomic E-state index is 10.2. The maximum atomic E-state index is 10.2. The number of imidazole rings is 1. The van der Waals surface area contributed by atoms with Gasteiger partial charge in [0.05, 0.1) is 19.5 Å². The topological polar surface area (TPSA) is 146 Å². The number of aromatic nitrogens is 4. The van der Waals surface area contributed by atoms with E-state index in [1.165, 1.54) is 17.2 Å². The van der Waals surface area contributed by atoms with Crippen molar-refractivity contribution in [3.63, 3.8) is 0 Å². The Morgan fingerprint density at radius 2 is 2.08 bits per heavy atom. The average Bonchev–Trinajstić information content (AvgIpc) is 3.17. The average molecular weight is 351 g/mol. The Balaban J connectivity index is 1.86. The van der Waals surface area contributed by atoms with Gasteiger partial charge in [0, 0.05) is 6.54 Å². The standard InChI is InChI=1S/C15H21N5O5/c1-8(4-21)2-3-16-13-10-14(18-6-17-13)20(7-19-10)15-12(24)11(23)9(5-22)25-15/h2,6-7,9,11-12,15,21-24H,3-5H2,1H3,(H,16,17,18)/t9-,11-,12-,15-/m1/s1. The lowest BCUT2D eigenvalue weighted by atomic mass is 10.1. The van der Waals surface area contributed by atoms with E-state index < -0.39 is 31.1 Å². The van der Waals surface area contributed by atoms with Crippen LogP contribution in [0.4, 0.5) is 5.82 Å². The highest BCUT2D eigenvalue weighted by Gasteiger charge is 2.44. The summed E-state index contributed by atoms with van der Waals surface area (Å²) in [5.41, 5.74) is 1.74. The van der Waals surface area contributed by atoms with Crippen molar-refractivity contribution in [1.82, 2.24) is 19.5 Å². The maximum Gasteiger partial charge on any atom is 0.167 e. The van der Waals surface area contributed by atoms with E-state index in [2.05, 4.69) is 20.3 Å². The molecule has 0 bridgehead atoms. The number of fused-ring (bicyclic) bond motifs is 1. The van der Waals surface area contributed by atoms with Crippen molar-refractivity contribution in [3.05, 3.63) is 24.3 Å². The number of anilines is 1. The molecule has 0 spiro atoms. The highest BCUT2D eigenvalue weighted by Crippen LogP contribution is 2.31. The lowest BCUT2D eigenvalue weighted by Gasteiger charge is -2.16. The van der Waals surface area contributed by atoms with Crippen molar-refractivity contribution >= 4 is 17.0 Å². The molecule has 0 aromatic carbocycles. The summed E-state index contributed by atoms with van der Waals surface area (Å²) in [6, 6.07) is 0. The summed E-state index contributed by atoms with van der Waals surface area (Å²) in [5.74, 6) is 0.498. The molecule has 0 aliphatic carbocycles. The van der Waals surface area contributed by atoms with Crippen LogP contribution in [0.3, 0.4) is 0 Å². The Bertz CT molecular complexity index is 764. The summed E-state index contributed by atoms with van der Waals surface area (Å²) in [6.07, 6.45) is 0.443. The second-order valence-electron chi connectivity index (χ2n) is 5.86. The molecular formula is C15H21N5O5. The molecular weight excluding hydrogens is 330 g/mol. The molecule has 3 rings (SSSR count). The quantitative estimate of drug-likeness (QED) is 0.404. The van der Waals surface area contributed by atoms with E-state index in [0.29, 0.717) is 23.5 Å². The lowest BCUT2D eigenvalue weighted by molar-refractivity contribution is -0.0511. The van der Waals surface area contributed by atoms with Gasteiger partial charge in [-0.05, 0) is 6.92 Å². The normalized spacial score (nSPS) is 27.2. The third kappa shape index (κ3) is 3.34. The van der Waals surface area contributed by atoms with Gasteiger partial charge in [-0.2, -0.15) is 0 Å². The summed E-state index contributed by atoms with van der Waals surface area (Å²) in [5, 5.41) is 41.4. The summed E-state index contributed by atoms with van der Waals surface area (Å²) >= 11 is 0. The first-order valence-electron chi connectivity index (χ1n) is 7.87. The van der Waals surface area contributed by atoms with E-state index in [1.54, 1.807) is 0 Å². The predicted molar refractivity (Wildman–Crippen MR) is 87.7 cm³/mol. The van der Waals surface area contributed by atoms with Crippen LogP contribution in [0.15, 0.2) is 24.3 Å². The molecule has 3 heterocycles. The minimum Gasteiger partial charge on any atom is -0.394 e. The predicted octanol–water partition coefficient (Wildman–Crippen LogP) is -1.21. The monoisotopic (exact) mass is 351 g/mol. The number of aliphatic hydroxyl groups is 4. The first-order chi connectivity index (χ1) is 12.1. The van der Waals surface area contributed by atoms with Gasteiger partial charge in [0.1, 0.15) is 24.6 Å². The Kier molecular flexibility index (Phi) is 5.25. The van der Waals surface area contributed by atoms with E-state index in [1.807, 2.05) is 13.0 Å². The molecule has 1 saturated heterocycles. The highest BCUT2D eigenvalue weighted by molar-refractivity contribution is 5.82. The van der Waals surface area contributed by atoms with Crippen molar-refractivity contribution in [2.24, 2.45) is 0 Å². The molecule has 2 aromatic heterocycles. The third-order valence-electron chi connectivity index (χ3n) is 4.12. The summed E-state index contributed by atoms with van der Waals surface area (Å²) in [7, 11) is 0. The zero-order valence-corrected chi connectivity index (χ0v) is 13.6. The van der Waals surface area contributed by atoms with Crippen molar-refractivity contribution in [3.8, 4) is 0 Å². The molecule has 0 unspecified atom stereocenters. The van der Waals surface area contributed by atoms with Gasteiger partial charge in [-0.15, -0.1) is 0 Å². The third-order valence-corrected chi connectivity index (χ3v) is 4.12. The van der Waals surface area contributed by atoms with E-state index in [9.17, 15) is 15.3 Å². The van der Waals surface area contributed by atoms with Gasteiger partial charge < -0.3 is 30.5 Å². The fraction of sp³-hybridized carbons (Fsp3) is 0.533. The summed E-state index contributed by atoms with van der Waals surface area (Å²) in [6.45, 7) is 1.85. The number of ether oxygens (including phenoxy) is 1. The van der Waals surface area contributed by atoms with E-state index in [4.69, 9.17) is 9.84 Å². The summed E-state index contributed by atoms with van der Waals surface area (Å²) in [4.78, 5) is 12.6. The first-order valence-corrected chi connectivity index (χ1v) is 7.87. The Morgan fingerprint density at radius 1 is 1.28 bits per heavy atom. The van der Waals surface area contributed by atoms with Crippen LogP contribution in [0.5, 0.6) is 0 Å². The van der Waals surface area contributed by atoms with Crippen LogP contribution in [0, 0.1) is 0 Å². The van der Waals surface area contributed by atoms with E-state index in [-0.39, 0.29) is 6.61 Å². The molecule has 1 aliphatic heterocycles. The van der Waals surface area contributed by atoms with Crippen LogP contribution in [0.1, 0.15) is 13.2 Å². The molecule has 1 aliphatic rings. The lowest BCUT2D eigenvalue weighted by Crippen LogP contribution is -2.33. The number of nitrogens with one attached hydrogen (secondary N) is 1. The SMILES string of the molecule is CC(=CCNc1ncnc2c1ncn2[C@@H]1O[C@H](CO)[C@@H](O)[C@H]1O)CO. The highest BCUT2D eigenvalue weighted by atomic mass is 16.6. The van der Waals surface area contributed by atoms with Crippen LogP contribution in [0.25, 0.3) is 11.2 Å². The molecule has 0 radical (unpaired) electrons. The van der Waals surface area contributed by atoms with E-state index >= 15 is 0 Å². The zero-order valence-electron chi connectivity index (χ0n) is 13.6. The molecule has 25 heavy (non-hydrogen) atoms. The van der Waals surface area contributed by atoms with Gasteiger partial charge in [-0.25, -0.2) is 15.0 Å². The van der Waals surface area contributed by atoms with Gasteiger partial charge in [0.15, 0.2) is 23.2 Å². The van der Waals surface area contributed by atoms with Gasteiger partial charge in [-0.3, -0.25) is 4.57 Å². The van der Waals surface area contributed by atoms with Crippen LogP contribution in [-0.2, 0) is 4.74 Å². The minimum atomic E-state index is -1.21. The summed E-state index contributed by atoms with van der Waals surface area (Å²) < 4.78 is 7.01. The second-order valence-corrected chi connectivity index (χ2v) is 5.86. The first kappa shape index (κ1) is 17.7. The Hall–Kier alpha value is -2.11. The number of aliphatic hydroxyl groups excluding tert-OH is 4. The van der Waals surface area contributed by atoms with Gasteiger partial charge >= 0.3 is 0 Å². The molecule has 1 fully saturated rings. The largest absolute Gasteiger partial charge is 0.394 e. The van der Waals surface area contributed by atoms with Gasteiger partial charge in [0.25, 0.3) is 0 Å². The van der Waals surface area contributed by atoms with E-state index in [0.717, 1.165) is 5.57 Å². The molecule has 4 atom stereocenters. The minimum absolute atomic E-state index is 0.0131. The van der Waals surface area contributed by atoms with Crippen LogP contribution in [-0.4, -0.2) is 78.0 Å². The fourth-order valence-corrected chi connectivity index (χ4v) is 2.66. The van der Waals surface area contributed by atoms with Crippen LogP contribution < -0.4 is 5.32 Å². The molecule has 0 amide bonds. The fourth-order valence-electron chi connectivity index (χ4n) is 2.66. The second kappa shape index (κ2) is 7.42. The Morgan fingerprint density at radius 3 is 2.76 bits per heavy atom. The zero-order chi connectivity index (χ0) is 18.0. The van der Waals surface area contributed by atoms with Gasteiger partial charge in [0.2, 0.25) is 0 Å². The number of hydrogen-bond donors (Lipinski definition) is 5. The van der Waals surface area contributed by atoms with Crippen molar-refractivity contribution in [1.29, 1.82) is 0 Å². The molecule has 5 N–H and O–H groups in total. The molecule has 0 saturated carbocycles. The van der Waals surface area contributed by atoms with Crippen molar-refractivity contribution < 1.29 is 25.2 Å². The number of nitrogens with zero attached hydrogens (tertiary/aromatic N) is 4. The Labute approximate surface area is 143 Å². The molecule has 10 heteroatoms. The molecule has 136 valence electrons.